The third-order valence-electron chi connectivity index (χ3n) is 4.22. The highest BCUT2D eigenvalue weighted by atomic mass is 16.2. The third kappa shape index (κ3) is 2.86. The quantitative estimate of drug-likeness (QED) is 0.819. The summed E-state index contributed by atoms with van der Waals surface area (Å²) < 4.78 is 0. The number of hydrogen-bond donors (Lipinski definition) is 0. The van der Waals surface area contributed by atoms with Crippen LogP contribution in [0.5, 0.6) is 0 Å². The molecule has 3 heteroatoms. The molecule has 1 aliphatic carbocycles. The Kier molecular flexibility index (Phi) is 4.03. The number of carbonyl (C=O) groups excluding carboxylic acids is 2. The first-order valence-corrected chi connectivity index (χ1v) is 6.85. The fourth-order valence-electron chi connectivity index (χ4n) is 2.65. The van der Waals surface area contributed by atoms with Crippen molar-refractivity contribution >= 4 is 11.7 Å². The summed E-state index contributed by atoms with van der Waals surface area (Å²) >= 11 is 0. The van der Waals surface area contributed by atoms with Crippen molar-refractivity contribution in [3.63, 3.8) is 0 Å². The van der Waals surface area contributed by atoms with Gasteiger partial charge in [-0.25, -0.2) is 0 Å². The summed E-state index contributed by atoms with van der Waals surface area (Å²) in [5, 5.41) is 0. The van der Waals surface area contributed by atoms with Gasteiger partial charge in [0, 0.05) is 31.5 Å². The zero-order chi connectivity index (χ0) is 14.0. The molecule has 0 N–H and O–H groups in total. The molecule has 0 radical (unpaired) electrons. The molecule has 0 bridgehead atoms. The first-order chi connectivity index (χ1) is 9.00. The van der Waals surface area contributed by atoms with Crippen LogP contribution in [0.2, 0.25) is 0 Å². The summed E-state index contributed by atoms with van der Waals surface area (Å²) in [4.78, 5) is 25.6. The zero-order valence-corrected chi connectivity index (χ0v) is 11.9. The molecule has 3 nitrogen and oxygen atoms in total. The van der Waals surface area contributed by atoms with Gasteiger partial charge in [0.1, 0.15) is 5.78 Å². The van der Waals surface area contributed by atoms with E-state index in [0.29, 0.717) is 18.6 Å². The topological polar surface area (TPSA) is 37.4 Å². The minimum atomic E-state index is 0.0700. The van der Waals surface area contributed by atoms with Gasteiger partial charge in [0.15, 0.2) is 0 Å². The Morgan fingerprint density at radius 2 is 1.84 bits per heavy atom. The second-order valence-electron chi connectivity index (χ2n) is 5.43. The summed E-state index contributed by atoms with van der Waals surface area (Å²) in [6.07, 6.45) is 2.81. The second-order valence-corrected chi connectivity index (χ2v) is 5.43. The van der Waals surface area contributed by atoms with Crippen LogP contribution in [0, 0.1) is 13.8 Å². The number of nitrogens with zero attached hydrogens (tertiary/aromatic N) is 1. The maximum Gasteiger partial charge on any atom is 0.254 e. The summed E-state index contributed by atoms with van der Waals surface area (Å²) in [5.41, 5.74) is 2.96. The Balaban J connectivity index is 2.15. The van der Waals surface area contributed by atoms with Crippen LogP contribution in [-0.2, 0) is 4.79 Å². The van der Waals surface area contributed by atoms with Crippen LogP contribution in [0.4, 0.5) is 0 Å². The molecule has 19 heavy (non-hydrogen) atoms. The van der Waals surface area contributed by atoms with Crippen molar-refractivity contribution in [2.24, 2.45) is 0 Å². The number of Topliss-reactive ketones (excluding diaryl/α,β-unsaturated/α-hetero) is 1. The maximum atomic E-state index is 12.5. The monoisotopic (exact) mass is 259 g/mol. The van der Waals surface area contributed by atoms with Gasteiger partial charge in [-0.2, -0.15) is 0 Å². The molecule has 0 spiro atoms. The van der Waals surface area contributed by atoms with E-state index in [-0.39, 0.29) is 11.9 Å². The molecule has 0 aromatic heterocycles. The van der Waals surface area contributed by atoms with Gasteiger partial charge in [-0.05, 0) is 43.9 Å². The van der Waals surface area contributed by atoms with Crippen molar-refractivity contribution in [2.75, 3.05) is 7.05 Å². The normalized spacial score (nSPS) is 16.5. The number of ketones is 1. The fraction of sp³-hybridized carbons (Fsp3) is 0.500. The van der Waals surface area contributed by atoms with Gasteiger partial charge in [0.2, 0.25) is 0 Å². The highest BCUT2D eigenvalue weighted by Crippen LogP contribution is 2.22. The number of hydrogen-bond acceptors (Lipinski definition) is 2. The smallest absolute Gasteiger partial charge is 0.254 e. The summed E-state index contributed by atoms with van der Waals surface area (Å²) in [6, 6.07) is 6.03. The molecule has 0 unspecified atom stereocenters. The number of rotatable bonds is 2. The molecule has 1 aromatic carbocycles. The van der Waals surface area contributed by atoms with Crippen LogP contribution in [-0.4, -0.2) is 29.7 Å². The van der Waals surface area contributed by atoms with E-state index < -0.39 is 0 Å². The molecular weight excluding hydrogens is 238 g/mol. The molecule has 1 saturated carbocycles. The SMILES string of the molecule is Cc1cccc(C(=O)N(C)C2CCC(=O)CC2)c1C. The van der Waals surface area contributed by atoms with E-state index in [1.165, 1.54) is 0 Å². The lowest BCUT2D eigenvalue weighted by atomic mass is 9.92. The predicted molar refractivity (Wildman–Crippen MR) is 75.3 cm³/mol. The lowest BCUT2D eigenvalue weighted by Gasteiger charge is -2.31. The van der Waals surface area contributed by atoms with Crippen LogP contribution >= 0.6 is 0 Å². The number of benzene rings is 1. The molecule has 1 amide bonds. The van der Waals surface area contributed by atoms with Crippen molar-refractivity contribution in [3.05, 3.63) is 34.9 Å². The minimum absolute atomic E-state index is 0.0700. The Hall–Kier alpha value is -1.64. The Morgan fingerprint density at radius 1 is 1.21 bits per heavy atom. The second kappa shape index (κ2) is 5.55. The number of carbonyl (C=O) groups is 2. The molecule has 102 valence electrons. The van der Waals surface area contributed by atoms with Crippen molar-refractivity contribution in [3.8, 4) is 0 Å². The molecule has 1 fully saturated rings. The highest BCUT2D eigenvalue weighted by Gasteiger charge is 2.26. The van der Waals surface area contributed by atoms with Crippen LogP contribution in [0.1, 0.15) is 47.2 Å². The molecule has 0 saturated heterocycles. The first-order valence-electron chi connectivity index (χ1n) is 6.85. The average molecular weight is 259 g/mol. The molecule has 2 rings (SSSR count). The van der Waals surface area contributed by atoms with E-state index in [9.17, 15) is 9.59 Å². The zero-order valence-electron chi connectivity index (χ0n) is 11.9. The Labute approximate surface area is 114 Å². The van der Waals surface area contributed by atoms with Crippen molar-refractivity contribution < 1.29 is 9.59 Å². The van der Waals surface area contributed by atoms with Crippen LogP contribution in [0.15, 0.2) is 18.2 Å². The van der Waals surface area contributed by atoms with E-state index in [0.717, 1.165) is 29.5 Å². The molecule has 1 aromatic rings. The van der Waals surface area contributed by atoms with Gasteiger partial charge in [0.25, 0.3) is 5.91 Å². The fourth-order valence-corrected chi connectivity index (χ4v) is 2.65. The number of amides is 1. The number of aryl methyl sites for hydroxylation is 1. The molecule has 1 aliphatic rings. The molecular formula is C16H21NO2. The van der Waals surface area contributed by atoms with Gasteiger partial charge < -0.3 is 4.90 Å². The van der Waals surface area contributed by atoms with Crippen LogP contribution < -0.4 is 0 Å². The maximum absolute atomic E-state index is 12.5. The summed E-state index contributed by atoms with van der Waals surface area (Å²) in [6.45, 7) is 4.01. The van der Waals surface area contributed by atoms with E-state index in [1.54, 1.807) is 0 Å². The van der Waals surface area contributed by atoms with E-state index >= 15 is 0 Å². The van der Waals surface area contributed by atoms with Crippen LogP contribution in [0.3, 0.4) is 0 Å². The standard InChI is InChI=1S/C16H21NO2/c1-11-5-4-6-15(12(11)2)16(19)17(3)13-7-9-14(18)10-8-13/h4-6,13H,7-10H2,1-3H3. The van der Waals surface area contributed by atoms with Crippen LogP contribution in [0.25, 0.3) is 0 Å². The highest BCUT2D eigenvalue weighted by molar-refractivity contribution is 5.96. The Bertz CT molecular complexity index is 497. The lowest BCUT2D eigenvalue weighted by molar-refractivity contribution is -0.121. The molecule has 0 aliphatic heterocycles. The first kappa shape index (κ1) is 13.8. The summed E-state index contributed by atoms with van der Waals surface area (Å²) in [5.74, 6) is 0.393. The van der Waals surface area contributed by atoms with Gasteiger partial charge in [-0.15, -0.1) is 0 Å². The van der Waals surface area contributed by atoms with Gasteiger partial charge in [0.05, 0.1) is 0 Å². The molecule has 0 atom stereocenters. The van der Waals surface area contributed by atoms with Crippen molar-refractivity contribution in [1.29, 1.82) is 0 Å². The predicted octanol–water partition coefficient (Wildman–Crippen LogP) is 2.89. The van der Waals surface area contributed by atoms with Gasteiger partial charge in [-0.3, -0.25) is 9.59 Å². The third-order valence-corrected chi connectivity index (χ3v) is 4.22. The van der Waals surface area contributed by atoms with E-state index in [4.69, 9.17) is 0 Å². The minimum Gasteiger partial charge on any atom is -0.339 e. The van der Waals surface area contributed by atoms with Crippen molar-refractivity contribution in [2.45, 2.75) is 45.6 Å². The van der Waals surface area contributed by atoms with E-state index in [1.807, 2.05) is 44.0 Å². The Morgan fingerprint density at radius 3 is 2.47 bits per heavy atom. The van der Waals surface area contributed by atoms with Gasteiger partial charge >= 0.3 is 0 Å². The average Bonchev–Trinajstić information content (AvgIpc) is 2.41. The van der Waals surface area contributed by atoms with Crippen molar-refractivity contribution in [1.82, 2.24) is 4.90 Å². The van der Waals surface area contributed by atoms with Gasteiger partial charge in [-0.1, -0.05) is 12.1 Å². The summed E-state index contributed by atoms with van der Waals surface area (Å²) in [7, 11) is 1.85. The molecule has 0 heterocycles. The lowest BCUT2D eigenvalue weighted by Crippen LogP contribution is -2.39. The van der Waals surface area contributed by atoms with E-state index in [2.05, 4.69) is 0 Å². The largest absolute Gasteiger partial charge is 0.339 e.